The highest BCUT2D eigenvalue weighted by Crippen LogP contribution is 2.52. The van der Waals surface area contributed by atoms with Crippen LogP contribution in [-0.2, 0) is 22.7 Å². The van der Waals surface area contributed by atoms with Crippen molar-refractivity contribution >= 4 is 67.1 Å². The van der Waals surface area contributed by atoms with E-state index in [2.05, 4.69) is 181 Å². The molecule has 0 fully saturated rings. The summed E-state index contributed by atoms with van der Waals surface area (Å²) in [6.45, 7) is 20.9. The van der Waals surface area contributed by atoms with E-state index < -0.39 is 0 Å². The first-order chi connectivity index (χ1) is 25.2. The van der Waals surface area contributed by atoms with Crippen LogP contribution in [0.25, 0.3) is 10.1 Å². The summed E-state index contributed by atoms with van der Waals surface area (Å²) in [5.74, 6) is 0. The zero-order valence-corrected chi connectivity index (χ0v) is 34.7. The predicted molar refractivity (Wildman–Crippen MR) is 234 cm³/mol. The molecule has 0 radical (unpaired) electrons. The van der Waals surface area contributed by atoms with Crippen LogP contribution < -0.4 is 9.80 Å². The molecule has 4 heteroatoms. The van der Waals surface area contributed by atoms with Gasteiger partial charge in [0.25, 0.3) is 0 Å². The number of fused-ring (bicyclic) bond motifs is 2. The molecule has 0 bridgehead atoms. The van der Waals surface area contributed by atoms with Gasteiger partial charge in [0.15, 0.2) is 0 Å². The molecular formula is C49H55ClN2S. The van der Waals surface area contributed by atoms with Crippen LogP contribution in [0.3, 0.4) is 0 Å². The van der Waals surface area contributed by atoms with E-state index in [4.69, 9.17) is 11.6 Å². The third kappa shape index (κ3) is 7.28. The maximum Gasteiger partial charge on any atom is 0.0887 e. The van der Waals surface area contributed by atoms with E-state index in [0.29, 0.717) is 0 Å². The Morgan fingerprint density at radius 2 is 1.26 bits per heavy atom. The van der Waals surface area contributed by atoms with Gasteiger partial charge in [0.1, 0.15) is 0 Å². The number of aryl methyl sites for hydroxylation is 2. The SMILES string of the molecule is CCCCc1cc(N(c2ccc(C)cc2)c2ccc(C(C)(C)C)cc2)c(Cl)c(N(c2ccc3c(c2)C(C)(C)CCC3(C)C)c2csc3ccccc23)c1. The maximum absolute atomic E-state index is 7.92. The third-order valence-corrected chi connectivity index (χ3v) is 12.8. The standard InChI is InChI=1S/C49H55ClN2S/c1-10-11-14-34-29-42(51(36-21-17-33(2)18-22-36)37-23-19-35(20-24-37)47(3,4)5)46(50)43(30-34)52(44-32-53-45-16-13-12-15-39(44)45)38-25-26-40-41(31-38)49(8,9)28-27-48(40,6)7/h12-13,15-26,29-32H,10-11,14,27-28H2,1-9H3. The van der Waals surface area contributed by atoms with Gasteiger partial charge in [-0.1, -0.05) is 128 Å². The van der Waals surface area contributed by atoms with Gasteiger partial charge in [0.2, 0.25) is 0 Å². The summed E-state index contributed by atoms with van der Waals surface area (Å²) in [6, 6.07) is 38.6. The van der Waals surface area contributed by atoms with Crippen molar-refractivity contribution in [1.29, 1.82) is 0 Å². The Hall–Kier alpha value is -4.05. The number of hydrogen-bond donors (Lipinski definition) is 0. The molecule has 0 saturated heterocycles. The summed E-state index contributed by atoms with van der Waals surface area (Å²) in [7, 11) is 0. The average Bonchev–Trinajstić information content (AvgIpc) is 3.55. The number of benzene rings is 5. The van der Waals surface area contributed by atoms with Gasteiger partial charge in [-0.05, 0) is 126 Å². The lowest BCUT2D eigenvalue weighted by Crippen LogP contribution is -2.34. The first kappa shape index (κ1) is 37.3. The van der Waals surface area contributed by atoms with Gasteiger partial charge >= 0.3 is 0 Å². The molecule has 0 amide bonds. The van der Waals surface area contributed by atoms with Crippen LogP contribution in [0.2, 0.25) is 5.02 Å². The van der Waals surface area contributed by atoms with Crippen LogP contribution in [0.4, 0.5) is 34.1 Å². The van der Waals surface area contributed by atoms with Gasteiger partial charge in [-0.2, -0.15) is 0 Å². The Morgan fingerprint density at radius 3 is 1.91 bits per heavy atom. The lowest BCUT2D eigenvalue weighted by molar-refractivity contribution is 0.332. The quantitative estimate of drug-likeness (QED) is 0.146. The fourth-order valence-electron chi connectivity index (χ4n) is 7.99. The summed E-state index contributed by atoms with van der Waals surface area (Å²) in [6.07, 6.45) is 5.55. The van der Waals surface area contributed by atoms with Crippen LogP contribution in [0.1, 0.15) is 109 Å². The maximum atomic E-state index is 7.92. The molecule has 0 atom stereocenters. The lowest BCUT2D eigenvalue weighted by atomic mass is 9.63. The van der Waals surface area contributed by atoms with E-state index in [1.807, 2.05) is 0 Å². The van der Waals surface area contributed by atoms with Crippen molar-refractivity contribution in [2.24, 2.45) is 0 Å². The smallest absolute Gasteiger partial charge is 0.0887 e. The van der Waals surface area contributed by atoms with E-state index in [1.54, 1.807) is 11.3 Å². The number of nitrogens with zero attached hydrogens (tertiary/aromatic N) is 2. The molecule has 0 saturated carbocycles. The topological polar surface area (TPSA) is 6.48 Å². The van der Waals surface area contributed by atoms with Gasteiger partial charge in [-0.3, -0.25) is 0 Å². The number of halogens is 1. The van der Waals surface area contributed by atoms with Crippen LogP contribution >= 0.6 is 22.9 Å². The highest BCUT2D eigenvalue weighted by Gasteiger charge is 2.38. The summed E-state index contributed by atoms with van der Waals surface area (Å²) in [5, 5.41) is 4.29. The number of rotatable bonds is 9. The molecule has 1 aliphatic carbocycles. The second-order valence-corrected chi connectivity index (χ2v) is 18.8. The average molecular weight is 740 g/mol. The zero-order valence-electron chi connectivity index (χ0n) is 33.1. The molecule has 0 aliphatic heterocycles. The third-order valence-electron chi connectivity index (χ3n) is 11.5. The Bertz CT molecular complexity index is 2230. The molecule has 274 valence electrons. The van der Waals surface area contributed by atoms with E-state index in [-0.39, 0.29) is 16.2 Å². The zero-order chi connectivity index (χ0) is 37.7. The van der Waals surface area contributed by atoms with E-state index in [0.717, 1.165) is 64.8 Å². The second-order valence-electron chi connectivity index (χ2n) is 17.5. The van der Waals surface area contributed by atoms with E-state index >= 15 is 0 Å². The number of anilines is 6. The summed E-state index contributed by atoms with van der Waals surface area (Å²) in [4.78, 5) is 4.81. The Labute approximate surface area is 327 Å². The van der Waals surface area contributed by atoms with Crippen LogP contribution in [0.15, 0.2) is 109 Å². The molecule has 1 aromatic heterocycles. The largest absolute Gasteiger partial charge is 0.309 e. The fourth-order valence-corrected chi connectivity index (χ4v) is 9.20. The molecule has 2 nitrogen and oxygen atoms in total. The van der Waals surface area contributed by atoms with Crippen LogP contribution in [-0.4, -0.2) is 0 Å². The van der Waals surface area contributed by atoms with Crippen molar-refractivity contribution in [3.63, 3.8) is 0 Å². The molecule has 0 unspecified atom stereocenters. The number of hydrogen-bond acceptors (Lipinski definition) is 3. The molecule has 6 aromatic rings. The fraction of sp³-hybridized carbons (Fsp3) is 0.347. The monoisotopic (exact) mass is 738 g/mol. The first-order valence-electron chi connectivity index (χ1n) is 19.4. The minimum atomic E-state index is 0.0561. The lowest BCUT2D eigenvalue weighted by Gasteiger charge is -2.42. The van der Waals surface area contributed by atoms with Crippen molar-refractivity contribution in [1.82, 2.24) is 0 Å². The molecule has 0 N–H and O–H groups in total. The minimum absolute atomic E-state index is 0.0561. The Balaban J connectivity index is 1.51. The highest BCUT2D eigenvalue weighted by molar-refractivity contribution is 7.17. The second kappa shape index (κ2) is 14.3. The highest BCUT2D eigenvalue weighted by atomic mass is 35.5. The van der Waals surface area contributed by atoms with E-state index in [1.165, 1.54) is 44.3 Å². The molecular weight excluding hydrogens is 684 g/mol. The van der Waals surface area contributed by atoms with E-state index in [9.17, 15) is 0 Å². The van der Waals surface area contributed by atoms with Gasteiger partial charge in [0.05, 0.1) is 22.1 Å². The minimum Gasteiger partial charge on any atom is -0.309 e. The summed E-state index contributed by atoms with van der Waals surface area (Å²) >= 11 is 9.72. The van der Waals surface area contributed by atoms with Crippen molar-refractivity contribution in [3.8, 4) is 0 Å². The van der Waals surface area contributed by atoms with Crippen molar-refractivity contribution in [2.75, 3.05) is 9.80 Å². The number of thiophene rings is 1. The first-order valence-corrected chi connectivity index (χ1v) is 20.6. The van der Waals surface area contributed by atoms with Crippen molar-refractivity contribution in [2.45, 2.75) is 111 Å². The van der Waals surface area contributed by atoms with Gasteiger partial charge in [0, 0.05) is 32.5 Å². The number of unbranched alkanes of at least 4 members (excludes halogenated alkanes) is 1. The van der Waals surface area contributed by atoms with Gasteiger partial charge < -0.3 is 9.80 Å². The molecule has 53 heavy (non-hydrogen) atoms. The molecule has 1 heterocycles. The van der Waals surface area contributed by atoms with Crippen molar-refractivity contribution in [3.05, 3.63) is 141 Å². The summed E-state index contributed by atoms with van der Waals surface area (Å²) in [5.41, 5.74) is 13.5. The summed E-state index contributed by atoms with van der Waals surface area (Å²) < 4.78 is 1.27. The Morgan fingerprint density at radius 1 is 0.679 bits per heavy atom. The van der Waals surface area contributed by atoms with Gasteiger partial charge in [-0.15, -0.1) is 11.3 Å². The normalized spacial score (nSPS) is 15.0. The van der Waals surface area contributed by atoms with Crippen LogP contribution in [0.5, 0.6) is 0 Å². The molecule has 0 spiro atoms. The Kier molecular flexibility index (Phi) is 10.1. The molecule has 1 aliphatic rings. The molecule has 7 rings (SSSR count). The van der Waals surface area contributed by atoms with Gasteiger partial charge in [-0.25, -0.2) is 0 Å². The molecule has 5 aromatic carbocycles. The van der Waals surface area contributed by atoms with Crippen molar-refractivity contribution < 1.29 is 0 Å². The van der Waals surface area contributed by atoms with Crippen LogP contribution in [0, 0.1) is 6.92 Å². The predicted octanol–water partition coefficient (Wildman–Crippen LogP) is 15.8.